The number of esters is 2. The fourth-order valence-corrected chi connectivity index (χ4v) is 2.64. The lowest BCUT2D eigenvalue weighted by Gasteiger charge is -2.30. The molecular formula is C16H16O4. The zero-order valence-corrected chi connectivity index (χ0v) is 11.5. The Hall–Kier alpha value is -2.36. The normalized spacial score (nSPS) is 19.7. The summed E-state index contributed by atoms with van der Waals surface area (Å²) >= 11 is 0. The van der Waals surface area contributed by atoms with Crippen molar-refractivity contribution in [2.24, 2.45) is 5.41 Å². The van der Waals surface area contributed by atoms with E-state index in [0.29, 0.717) is 5.57 Å². The van der Waals surface area contributed by atoms with Gasteiger partial charge in [0.1, 0.15) is 0 Å². The molecule has 1 aliphatic rings. The van der Waals surface area contributed by atoms with Gasteiger partial charge in [0.05, 0.1) is 14.2 Å². The van der Waals surface area contributed by atoms with E-state index in [1.165, 1.54) is 20.3 Å². The monoisotopic (exact) mass is 272 g/mol. The molecule has 0 aliphatic heterocycles. The first-order chi connectivity index (χ1) is 9.57. The maximum atomic E-state index is 12.3. The highest BCUT2D eigenvalue weighted by Crippen LogP contribution is 2.49. The van der Waals surface area contributed by atoms with Crippen molar-refractivity contribution < 1.29 is 19.1 Å². The fourth-order valence-electron chi connectivity index (χ4n) is 2.64. The largest absolute Gasteiger partial charge is 0.468 e. The van der Waals surface area contributed by atoms with Gasteiger partial charge >= 0.3 is 11.9 Å². The number of ether oxygens (including phenoxy) is 2. The van der Waals surface area contributed by atoms with E-state index < -0.39 is 23.3 Å². The molecule has 0 aromatic heterocycles. The summed E-state index contributed by atoms with van der Waals surface area (Å²) in [4.78, 5) is 24.5. The highest BCUT2D eigenvalue weighted by atomic mass is 16.5. The number of rotatable bonds is 3. The lowest BCUT2D eigenvalue weighted by atomic mass is 9.73. The van der Waals surface area contributed by atoms with Gasteiger partial charge in [-0.3, -0.25) is 9.59 Å². The molecule has 2 rings (SSSR count). The van der Waals surface area contributed by atoms with Crippen molar-refractivity contribution in [2.75, 3.05) is 14.2 Å². The minimum Gasteiger partial charge on any atom is -0.468 e. The molecule has 1 atom stereocenters. The molecule has 0 bridgehead atoms. The smallest absolute Gasteiger partial charge is 0.328 e. The van der Waals surface area contributed by atoms with Gasteiger partial charge < -0.3 is 9.47 Å². The van der Waals surface area contributed by atoms with E-state index in [-0.39, 0.29) is 0 Å². The minimum atomic E-state index is -1.50. The Morgan fingerprint density at radius 1 is 1.10 bits per heavy atom. The Morgan fingerprint density at radius 3 is 2.15 bits per heavy atom. The van der Waals surface area contributed by atoms with E-state index in [1.807, 2.05) is 30.3 Å². The molecule has 4 nitrogen and oxygen atoms in total. The van der Waals surface area contributed by atoms with Crippen LogP contribution in [-0.2, 0) is 19.1 Å². The molecule has 0 fully saturated rings. The Bertz CT molecular complexity index is 555. The molecule has 0 N–H and O–H groups in total. The first-order valence-electron chi connectivity index (χ1n) is 6.17. The summed E-state index contributed by atoms with van der Waals surface area (Å²) in [6, 6.07) is 9.26. The maximum absolute atomic E-state index is 12.3. The second kappa shape index (κ2) is 5.33. The van der Waals surface area contributed by atoms with Crippen molar-refractivity contribution in [3.63, 3.8) is 0 Å². The van der Waals surface area contributed by atoms with Gasteiger partial charge in [0.2, 0.25) is 0 Å². The van der Waals surface area contributed by atoms with Crippen LogP contribution in [0.5, 0.6) is 0 Å². The van der Waals surface area contributed by atoms with E-state index >= 15 is 0 Å². The van der Waals surface area contributed by atoms with Crippen LogP contribution in [0.25, 0.3) is 0 Å². The summed E-state index contributed by atoms with van der Waals surface area (Å²) in [7, 11) is 2.51. The number of hydrogen-bond donors (Lipinski definition) is 0. The van der Waals surface area contributed by atoms with Crippen LogP contribution in [0.1, 0.15) is 11.5 Å². The minimum absolute atomic E-state index is 0.511. The topological polar surface area (TPSA) is 52.6 Å². The first kappa shape index (κ1) is 14.1. The second-order valence-corrected chi connectivity index (χ2v) is 4.60. The predicted octanol–water partition coefficient (Wildman–Crippen LogP) is 2.23. The van der Waals surface area contributed by atoms with E-state index in [9.17, 15) is 9.59 Å². The third-order valence-corrected chi connectivity index (χ3v) is 3.57. The lowest BCUT2D eigenvalue weighted by molar-refractivity contribution is -0.165. The van der Waals surface area contributed by atoms with Crippen LogP contribution in [0.15, 0.2) is 54.6 Å². The van der Waals surface area contributed by atoms with Crippen molar-refractivity contribution in [3.8, 4) is 0 Å². The third-order valence-electron chi connectivity index (χ3n) is 3.57. The van der Waals surface area contributed by atoms with E-state index in [2.05, 4.69) is 6.58 Å². The molecule has 0 radical (unpaired) electrons. The molecule has 4 heteroatoms. The summed E-state index contributed by atoms with van der Waals surface area (Å²) < 4.78 is 9.66. The zero-order chi connectivity index (χ0) is 14.8. The maximum Gasteiger partial charge on any atom is 0.328 e. The molecule has 0 spiro atoms. The number of carbonyl (C=O) groups is 2. The molecule has 20 heavy (non-hydrogen) atoms. The molecule has 0 amide bonds. The average molecular weight is 272 g/mol. The van der Waals surface area contributed by atoms with E-state index in [4.69, 9.17) is 9.47 Å². The van der Waals surface area contributed by atoms with Crippen molar-refractivity contribution in [3.05, 3.63) is 60.2 Å². The van der Waals surface area contributed by atoms with Crippen LogP contribution < -0.4 is 0 Å². The standard InChI is InChI=1S/C16H16O4/c1-11-9-10-16(14(17)19-2,15(18)20-3)13(11)12-7-5-4-6-8-12/h4-10,13H,1H2,2-3H3. The van der Waals surface area contributed by atoms with Gasteiger partial charge in [0.25, 0.3) is 0 Å². The summed E-state index contributed by atoms with van der Waals surface area (Å²) in [6.45, 7) is 3.94. The number of benzene rings is 1. The quantitative estimate of drug-likeness (QED) is 0.625. The van der Waals surface area contributed by atoms with Gasteiger partial charge in [-0.1, -0.05) is 49.1 Å². The van der Waals surface area contributed by atoms with Gasteiger partial charge in [-0.2, -0.15) is 0 Å². The van der Waals surface area contributed by atoms with E-state index in [1.54, 1.807) is 6.08 Å². The van der Waals surface area contributed by atoms with Gasteiger partial charge in [-0.15, -0.1) is 0 Å². The molecular weight excluding hydrogens is 256 g/mol. The Labute approximate surface area is 117 Å². The van der Waals surface area contributed by atoms with Crippen LogP contribution in [-0.4, -0.2) is 26.2 Å². The molecule has 0 heterocycles. The average Bonchev–Trinajstić information content (AvgIpc) is 2.85. The molecule has 1 aromatic rings. The second-order valence-electron chi connectivity index (χ2n) is 4.60. The van der Waals surface area contributed by atoms with Crippen LogP contribution in [0.3, 0.4) is 0 Å². The van der Waals surface area contributed by atoms with Crippen LogP contribution in [0, 0.1) is 5.41 Å². The summed E-state index contributed by atoms with van der Waals surface area (Å²) in [5.74, 6) is -1.80. The first-order valence-corrected chi connectivity index (χ1v) is 6.17. The number of allylic oxidation sites excluding steroid dienone is 2. The molecule has 0 saturated carbocycles. The predicted molar refractivity (Wildman–Crippen MR) is 73.9 cm³/mol. The summed E-state index contributed by atoms with van der Waals surface area (Å²) in [6.07, 6.45) is 3.19. The van der Waals surface area contributed by atoms with Gasteiger partial charge in [0.15, 0.2) is 5.41 Å². The number of methoxy groups -OCH3 is 2. The molecule has 1 aliphatic carbocycles. The van der Waals surface area contributed by atoms with Gasteiger partial charge in [-0.25, -0.2) is 0 Å². The van der Waals surface area contributed by atoms with E-state index in [0.717, 1.165) is 5.56 Å². The lowest BCUT2D eigenvalue weighted by Crippen LogP contribution is -2.43. The van der Waals surface area contributed by atoms with Gasteiger partial charge in [-0.05, 0) is 11.1 Å². The third kappa shape index (κ3) is 1.93. The fraction of sp³-hybridized carbons (Fsp3) is 0.250. The Kier molecular flexibility index (Phi) is 3.74. The van der Waals surface area contributed by atoms with Gasteiger partial charge in [0, 0.05) is 5.92 Å². The van der Waals surface area contributed by atoms with Crippen molar-refractivity contribution in [2.45, 2.75) is 5.92 Å². The molecule has 1 unspecified atom stereocenters. The van der Waals surface area contributed by atoms with Crippen molar-refractivity contribution in [1.82, 2.24) is 0 Å². The van der Waals surface area contributed by atoms with Crippen molar-refractivity contribution in [1.29, 1.82) is 0 Å². The Balaban J connectivity index is 2.60. The van der Waals surface area contributed by atoms with Crippen LogP contribution in [0.4, 0.5) is 0 Å². The van der Waals surface area contributed by atoms with Crippen LogP contribution in [0.2, 0.25) is 0 Å². The number of carbonyl (C=O) groups excluding carboxylic acids is 2. The Morgan fingerprint density at radius 2 is 1.65 bits per heavy atom. The summed E-state index contributed by atoms with van der Waals surface area (Å²) in [5, 5.41) is 0. The summed E-state index contributed by atoms with van der Waals surface area (Å²) in [5.41, 5.74) is -0.00706. The van der Waals surface area contributed by atoms with Crippen LogP contribution >= 0.6 is 0 Å². The highest BCUT2D eigenvalue weighted by Gasteiger charge is 2.56. The number of hydrogen-bond acceptors (Lipinski definition) is 4. The highest BCUT2D eigenvalue weighted by molar-refractivity contribution is 6.05. The van der Waals surface area contributed by atoms with Crippen molar-refractivity contribution >= 4 is 11.9 Å². The SMILES string of the molecule is C=C1C=CC(C(=O)OC)(C(=O)OC)C1c1ccccc1. The molecule has 1 aromatic carbocycles. The zero-order valence-electron chi connectivity index (χ0n) is 11.5. The molecule has 0 saturated heterocycles. The molecule has 104 valence electrons.